The predicted octanol–water partition coefficient (Wildman–Crippen LogP) is 3.37. The third kappa shape index (κ3) is 3.86. The second-order valence-electron chi connectivity index (χ2n) is 9.07. The summed E-state index contributed by atoms with van der Waals surface area (Å²) in [4.78, 5) is 10.4. The van der Waals surface area contributed by atoms with E-state index >= 15 is 4.39 Å². The van der Waals surface area contributed by atoms with Crippen LogP contribution in [0.1, 0.15) is 26.2 Å². The van der Waals surface area contributed by atoms with Gasteiger partial charge in [-0.05, 0) is 55.5 Å². The van der Waals surface area contributed by atoms with E-state index in [1.165, 1.54) is 0 Å². The number of rotatable bonds is 5. The summed E-state index contributed by atoms with van der Waals surface area (Å²) in [5, 5.41) is 22.6. The molecule has 172 valence electrons. The maximum Gasteiger partial charge on any atom is 0.213 e. The number of phenolic OH excluding ortho intramolecular Hbond substituents is 1. The van der Waals surface area contributed by atoms with Gasteiger partial charge >= 0.3 is 0 Å². The van der Waals surface area contributed by atoms with Gasteiger partial charge in [0.15, 0.2) is 11.6 Å². The smallest absolute Gasteiger partial charge is 0.213 e. The lowest BCUT2D eigenvalue weighted by molar-refractivity contribution is 0.111. The van der Waals surface area contributed by atoms with Crippen molar-refractivity contribution in [2.24, 2.45) is 0 Å². The molecule has 0 amide bonds. The van der Waals surface area contributed by atoms with Gasteiger partial charge in [-0.2, -0.15) is 0 Å². The first-order valence-corrected chi connectivity index (χ1v) is 11.1. The number of phenols is 1. The van der Waals surface area contributed by atoms with Crippen LogP contribution in [0.15, 0.2) is 42.7 Å². The third-order valence-corrected chi connectivity index (χ3v) is 6.94. The van der Waals surface area contributed by atoms with Crippen molar-refractivity contribution in [3.63, 3.8) is 0 Å². The minimum absolute atomic E-state index is 0.0397. The van der Waals surface area contributed by atoms with Gasteiger partial charge in [-0.25, -0.2) is 14.4 Å². The van der Waals surface area contributed by atoms with Gasteiger partial charge < -0.3 is 20.1 Å². The van der Waals surface area contributed by atoms with Gasteiger partial charge in [0.1, 0.15) is 11.9 Å². The Labute approximate surface area is 191 Å². The maximum atomic E-state index is 15.3. The molecular weight excluding hydrogens is 423 g/mol. The zero-order chi connectivity index (χ0) is 23.2. The molecule has 3 aromatic rings. The van der Waals surface area contributed by atoms with Crippen LogP contribution in [0, 0.1) is 0 Å². The molecule has 8 nitrogen and oxygen atoms in total. The number of pyridine rings is 1. The summed E-state index contributed by atoms with van der Waals surface area (Å²) in [6, 6.07) is 8.94. The molecule has 4 heterocycles. The highest BCUT2D eigenvalue weighted by Crippen LogP contribution is 2.40. The van der Waals surface area contributed by atoms with Crippen LogP contribution >= 0.6 is 0 Å². The number of fused-ring (bicyclic) bond motifs is 2. The average molecular weight is 451 g/mol. The van der Waals surface area contributed by atoms with Crippen LogP contribution in [0.4, 0.5) is 10.2 Å². The Morgan fingerprint density at radius 2 is 2.00 bits per heavy atom. The number of nitrogens with zero attached hydrogens (tertiary/aromatic N) is 5. The van der Waals surface area contributed by atoms with Gasteiger partial charge in [-0.15, -0.1) is 10.2 Å². The largest absolute Gasteiger partial charge is 0.507 e. The Morgan fingerprint density at radius 1 is 1.18 bits per heavy atom. The standard InChI is InChI=1S/C24H27FN6O2/c1-24-8-6-16(28-24)12-18(22(24)25)31(2)20-13-27-23(30-29-20)17-5-4-14(10-19(17)32)15-7-9-26-21(11-15)33-3/h4-5,7,9-11,13,16,18,22,28,32H,6,8,12H2,1-3H3/t16?,18-,22-,24+/m1/s1. The number of aromatic hydroxyl groups is 1. The number of hydrogen-bond donors (Lipinski definition) is 2. The molecule has 2 aliphatic heterocycles. The van der Waals surface area contributed by atoms with Gasteiger partial charge in [0, 0.05) is 30.9 Å². The highest BCUT2D eigenvalue weighted by molar-refractivity contribution is 5.73. The molecule has 2 aromatic heterocycles. The Kier molecular flexibility index (Phi) is 5.36. The summed E-state index contributed by atoms with van der Waals surface area (Å²) in [5.41, 5.74) is 1.65. The van der Waals surface area contributed by atoms with E-state index in [4.69, 9.17) is 4.74 Å². The van der Waals surface area contributed by atoms with Crippen LogP contribution in [0.3, 0.4) is 0 Å². The summed E-state index contributed by atoms with van der Waals surface area (Å²) >= 11 is 0. The fraction of sp³-hybridized carbons (Fsp3) is 0.417. The van der Waals surface area contributed by atoms with Crippen LogP contribution in [0.2, 0.25) is 0 Å². The normalized spacial score (nSPS) is 26.2. The molecule has 0 spiro atoms. The SMILES string of the molecule is COc1cc(-c2ccc(-c3ncc(N(C)[C@@H]4CC5CC[C@](C)(N5)[C@@H]4F)nn3)c(O)c2)ccn1. The van der Waals surface area contributed by atoms with E-state index in [1.54, 1.807) is 37.7 Å². The Morgan fingerprint density at radius 3 is 2.73 bits per heavy atom. The Hall–Kier alpha value is -3.33. The van der Waals surface area contributed by atoms with Gasteiger partial charge in [0.05, 0.1) is 24.9 Å². The van der Waals surface area contributed by atoms with Gasteiger partial charge in [-0.3, -0.25) is 0 Å². The van der Waals surface area contributed by atoms with Crippen LogP contribution in [0.25, 0.3) is 22.5 Å². The molecule has 4 atom stereocenters. The molecule has 2 saturated heterocycles. The number of piperidine rings is 1. The first kappa shape index (κ1) is 21.5. The molecule has 0 aliphatic carbocycles. The van der Waals surface area contributed by atoms with Crippen molar-refractivity contribution in [2.45, 2.75) is 50.0 Å². The molecule has 1 unspecified atom stereocenters. The summed E-state index contributed by atoms with van der Waals surface area (Å²) < 4.78 is 20.4. The summed E-state index contributed by atoms with van der Waals surface area (Å²) in [6.07, 6.45) is 4.78. The first-order chi connectivity index (χ1) is 15.9. The number of methoxy groups -OCH3 is 1. The fourth-order valence-corrected chi connectivity index (χ4v) is 4.99. The summed E-state index contributed by atoms with van der Waals surface area (Å²) in [6.45, 7) is 1.96. The van der Waals surface area contributed by atoms with Crippen molar-refractivity contribution in [3.8, 4) is 34.1 Å². The van der Waals surface area contributed by atoms with E-state index in [0.717, 1.165) is 30.4 Å². The highest BCUT2D eigenvalue weighted by Gasteiger charge is 2.51. The molecule has 2 bridgehead atoms. The van der Waals surface area contributed by atoms with E-state index in [-0.39, 0.29) is 11.8 Å². The van der Waals surface area contributed by atoms with Crippen LogP contribution < -0.4 is 15.0 Å². The number of aromatic nitrogens is 4. The fourth-order valence-electron chi connectivity index (χ4n) is 4.99. The Balaban J connectivity index is 1.36. The lowest BCUT2D eigenvalue weighted by atomic mass is 9.86. The molecule has 0 saturated carbocycles. The number of halogens is 1. The van der Waals surface area contributed by atoms with Crippen LogP contribution in [-0.4, -0.2) is 63.2 Å². The molecular formula is C24H27FN6O2. The minimum atomic E-state index is -1.01. The summed E-state index contributed by atoms with van der Waals surface area (Å²) in [7, 11) is 3.40. The highest BCUT2D eigenvalue weighted by atomic mass is 19.1. The molecule has 5 rings (SSSR count). The maximum absolute atomic E-state index is 15.3. The molecule has 1 aromatic carbocycles. The van der Waals surface area contributed by atoms with Crippen molar-refractivity contribution in [1.82, 2.24) is 25.5 Å². The molecule has 9 heteroatoms. The first-order valence-electron chi connectivity index (χ1n) is 11.1. The molecule has 33 heavy (non-hydrogen) atoms. The lowest BCUT2D eigenvalue weighted by Gasteiger charge is -2.43. The van der Waals surface area contributed by atoms with Crippen molar-refractivity contribution in [1.29, 1.82) is 0 Å². The van der Waals surface area contributed by atoms with E-state index in [2.05, 4.69) is 25.5 Å². The second-order valence-corrected chi connectivity index (χ2v) is 9.07. The second kappa shape index (κ2) is 8.22. The Bertz CT molecular complexity index is 1160. The topological polar surface area (TPSA) is 96.3 Å². The number of hydrogen-bond acceptors (Lipinski definition) is 8. The predicted molar refractivity (Wildman–Crippen MR) is 123 cm³/mol. The zero-order valence-corrected chi connectivity index (χ0v) is 18.9. The number of anilines is 1. The number of ether oxygens (including phenoxy) is 1. The quantitative estimate of drug-likeness (QED) is 0.611. The van der Waals surface area contributed by atoms with E-state index in [1.807, 2.05) is 31.0 Å². The van der Waals surface area contributed by atoms with Crippen LogP contribution in [0.5, 0.6) is 11.6 Å². The average Bonchev–Trinajstić information content (AvgIpc) is 3.18. The lowest BCUT2D eigenvalue weighted by Crippen LogP contribution is -2.62. The zero-order valence-electron chi connectivity index (χ0n) is 18.9. The third-order valence-electron chi connectivity index (χ3n) is 6.94. The minimum Gasteiger partial charge on any atom is -0.507 e. The van der Waals surface area contributed by atoms with Crippen molar-refractivity contribution in [2.75, 3.05) is 19.1 Å². The van der Waals surface area contributed by atoms with Crippen molar-refractivity contribution in [3.05, 3.63) is 42.7 Å². The van der Waals surface area contributed by atoms with Crippen molar-refractivity contribution >= 4 is 5.82 Å². The summed E-state index contributed by atoms with van der Waals surface area (Å²) in [5.74, 6) is 1.35. The van der Waals surface area contributed by atoms with Gasteiger partial charge in [0.25, 0.3) is 0 Å². The van der Waals surface area contributed by atoms with Gasteiger partial charge in [0.2, 0.25) is 5.88 Å². The number of nitrogens with one attached hydrogen (secondary N) is 1. The molecule has 2 fully saturated rings. The molecule has 2 N–H and O–H groups in total. The van der Waals surface area contributed by atoms with E-state index in [0.29, 0.717) is 29.1 Å². The number of alkyl halides is 1. The monoisotopic (exact) mass is 450 g/mol. The molecule has 2 aliphatic rings. The van der Waals surface area contributed by atoms with E-state index in [9.17, 15) is 5.11 Å². The number of benzene rings is 1. The van der Waals surface area contributed by atoms with E-state index < -0.39 is 11.7 Å². The van der Waals surface area contributed by atoms with Crippen molar-refractivity contribution < 1.29 is 14.2 Å². The van der Waals surface area contributed by atoms with Crippen LogP contribution in [-0.2, 0) is 0 Å². The van der Waals surface area contributed by atoms with Gasteiger partial charge in [-0.1, -0.05) is 6.07 Å². The molecule has 0 radical (unpaired) electrons.